The molecule has 2 rings (SSSR count). The van der Waals surface area contributed by atoms with Crippen LogP contribution < -0.4 is 5.32 Å². The molecule has 1 aromatic rings. The first-order valence-corrected chi connectivity index (χ1v) is 7.43. The third-order valence-electron chi connectivity index (χ3n) is 4.13. The van der Waals surface area contributed by atoms with Gasteiger partial charge in [-0.15, -0.1) is 0 Å². The molecule has 0 radical (unpaired) electrons. The van der Waals surface area contributed by atoms with E-state index in [4.69, 9.17) is 4.74 Å². The molecular formula is C16H22F3NO. The Hall–Kier alpha value is -1.07. The van der Waals surface area contributed by atoms with Gasteiger partial charge in [0.1, 0.15) is 0 Å². The molecule has 1 N–H and O–H groups in total. The molecule has 1 heterocycles. The van der Waals surface area contributed by atoms with E-state index in [-0.39, 0.29) is 12.1 Å². The number of alkyl halides is 3. The van der Waals surface area contributed by atoms with Gasteiger partial charge in [-0.1, -0.05) is 25.1 Å². The van der Waals surface area contributed by atoms with Gasteiger partial charge < -0.3 is 10.1 Å². The minimum Gasteiger partial charge on any atom is -0.378 e. The molecule has 1 aromatic carbocycles. The summed E-state index contributed by atoms with van der Waals surface area (Å²) in [6.07, 6.45) is -2.58. The van der Waals surface area contributed by atoms with Crippen LogP contribution in [0.25, 0.3) is 0 Å². The normalized spacial score (nSPS) is 24.2. The van der Waals surface area contributed by atoms with Crippen molar-refractivity contribution in [3.8, 4) is 0 Å². The van der Waals surface area contributed by atoms with Gasteiger partial charge >= 0.3 is 6.18 Å². The third-order valence-corrected chi connectivity index (χ3v) is 4.13. The highest BCUT2D eigenvalue weighted by Gasteiger charge is 2.33. The smallest absolute Gasteiger partial charge is 0.378 e. The zero-order valence-electron chi connectivity index (χ0n) is 12.4. The first kappa shape index (κ1) is 16.3. The summed E-state index contributed by atoms with van der Waals surface area (Å²) >= 11 is 0. The Morgan fingerprint density at radius 2 is 2.14 bits per heavy atom. The van der Waals surface area contributed by atoms with E-state index in [0.717, 1.165) is 31.2 Å². The molecule has 1 saturated heterocycles. The monoisotopic (exact) mass is 301 g/mol. The Balaban J connectivity index is 2.13. The highest BCUT2D eigenvalue weighted by atomic mass is 19.4. The molecule has 118 valence electrons. The van der Waals surface area contributed by atoms with Crippen LogP contribution in [-0.4, -0.2) is 25.3 Å². The summed E-state index contributed by atoms with van der Waals surface area (Å²) in [4.78, 5) is 0. The zero-order chi connectivity index (χ0) is 15.5. The highest BCUT2D eigenvalue weighted by Crippen LogP contribution is 2.31. The molecule has 21 heavy (non-hydrogen) atoms. The van der Waals surface area contributed by atoms with Crippen molar-refractivity contribution < 1.29 is 17.9 Å². The fourth-order valence-corrected chi connectivity index (χ4v) is 3.04. The van der Waals surface area contributed by atoms with E-state index >= 15 is 0 Å². The van der Waals surface area contributed by atoms with Gasteiger partial charge in [-0.25, -0.2) is 0 Å². The van der Waals surface area contributed by atoms with Crippen molar-refractivity contribution >= 4 is 0 Å². The molecule has 5 heteroatoms. The lowest BCUT2D eigenvalue weighted by molar-refractivity contribution is -0.137. The molecule has 1 aliphatic rings. The summed E-state index contributed by atoms with van der Waals surface area (Å²) in [5.41, 5.74) is 0.140. The number of halogens is 3. The van der Waals surface area contributed by atoms with Crippen molar-refractivity contribution in [2.75, 3.05) is 13.2 Å². The van der Waals surface area contributed by atoms with Crippen molar-refractivity contribution in [3.05, 3.63) is 35.4 Å². The van der Waals surface area contributed by atoms with E-state index in [1.54, 1.807) is 6.07 Å². The van der Waals surface area contributed by atoms with Gasteiger partial charge in [-0.05, 0) is 37.9 Å². The molecule has 0 bridgehead atoms. The second-order valence-corrected chi connectivity index (χ2v) is 5.59. The average molecular weight is 301 g/mol. The van der Waals surface area contributed by atoms with E-state index in [1.807, 2.05) is 13.8 Å². The minimum absolute atomic E-state index is 0.149. The minimum atomic E-state index is -4.28. The summed E-state index contributed by atoms with van der Waals surface area (Å²) in [6, 6.07) is 5.77. The van der Waals surface area contributed by atoms with Gasteiger partial charge in [0.15, 0.2) is 0 Å². The van der Waals surface area contributed by atoms with E-state index in [1.165, 1.54) is 12.1 Å². The predicted octanol–water partition coefficient (Wildman–Crippen LogP) is 3.65. The SMILES string of the molecule is CCNC(Cc1cccc(C(F)(F)F)c1)C1CCOC1C. The van der Waals surface area contributed by atoms with Gasteiger partial charge in [0.25, 0.3) is 0 Å². The topological polar surface area (TPSA) is 21.3 Å². The number of hydrogen-bond acceptors (Lipinski definition) is 2. The number of ether oxygens (including phenoxy) is 1. The summed E-state index contributed by atoms with van der Waals surface area (Å²) in [5.74, 6) is 0.347. The molecule has 1 fully saturated rings. The van der Waals surface area contributed by atoms with Crippen LogP contribution in [0, 0.1) is 5.92 Å². The van der Waals surface area contributed by atoms with Crippen LogP contribution in [0.1, 0.15) is 31.4 Å². The second-order valence-electron chi connectivity index (χ2n) is 5.59. The van der Waals surface area contributed by atoms with Gasteiger partial charge in [-0.3, -0.25) is 0 Å². The molecule has 3 atom stereocenters. The maximum absolute atomic E-state index is 12.8. The summed E-state index contributed by atoms with van der Waals surface area (Å²) in [6.45, 7) is 5.58. The van der Waals surface area contributed by atoms with Crippen LogP contribution in [0.15, 0.2) is 24.3 Å². The van der Waals surface area contributed by atoms with E-state index in [0.29, 0.717) is 12.3 Å². The van der Waals surface area contributed by atoms with Crippen molar-refractivity contribution in [1.82, 2.24) is 5.32 Å². The fraction of sp³-hybridized carbons (Fsp3) is 0.625. The van der Waals surface area contributed by atoms with Crippen LogP contribution in [-0.2, 0) is 17.3 Å². The molecule has 0 aromatic heterocycles. The maximum Gasteiger partial charge on any atom is 0.416 e. The summed E-state index contributed by atoms with van der Waals surface area (Å²) in [5, 5.41) is 3.40. The predicted molar refractivity (Wildman–Crippen MR) is 76.1 cm³/mol. The Morgan fingerprint density at radius 3 is 2.71 bits per heavy atom. The molecule has 0 aliphatic carbocycles. The Labute approximate surface area is 123 Å². The van der Waals surface area contributed by atoms with Crippen LogP contribution >= 0.6 is 0 Å². The van der Waals surface area contributed by atoms with Crippen LogP contribution in [0.5, 0.6) is 0 Å². The van der Waals surface area contributed by atoms with E-state index in [2.05, 4.69) is 5.32 Å². The van der Waals surface area contributed by atoms with Gasteiger partial charge in [-0.2, -0.15) is 13.2 Å². The maximum atomic E-state index is 12.8. The molecule has 3 unspecified atom stereocenters. The van der Waals surface area contributed by atoms with Crippen molar-refractivity contribution in [3.63, 3.8) is 0 Å². The molecule has 0 spiro atoms. The highest BCUT2D eigenvalue weighted by molar-refractivity contribution is 5.26. The quantitative estimate of drug-likeness (QED) is 0.896. The van der Waals surface area contributed by atoms with Gasteiger partial charge in [0.05, 0.1) is 11.7 Å². The first-order valence-electron chi connectivity index (χ1n) is 7.43. The van der Waals surface area contributed by atoms with E-state index in [9.17, 15) is 13.2 Å². The summed E-state index contributed by atoms with van der Waals surface area (Å²) < 4.78 is 43.9. The third kappa shape index (κ3) is 4.20. The van der Waals surface area contributed by atoms with Gasteiger partial charge in [0.2, 0.25) is 0 Å². The molecule has 0 saturated carbocycles. The van der Waals surface area contributed by atoms with Crippen molar-refractivity contribution in [2.45, 2.75) is 45.0 Å². The van der Waals surface area contributed by atoms with Crippen LogP contribution in [0.3, 0.4) is 0 Å². The lowest BCUT2D eigenvalue weighted by atomic mass is 9.88. The first-order chi connectivity index (χ1) is 9.91. The molecular weight excluding hydrogens is 279 g/mol. The second kappa shape index (κ2) is 6.79. The standard InChI is InChI=1S/C16H22F3NO/c1-3-20-15(14-7-8-21-11(14)2)10-12-5-4-6-13(9-12)16(17,18)19/h4-6,9,11,14-15,20H,3,7-8,10H2,1-2H3. The van der Waals surface area contributed by atoms with Crippen LogP contribution in [0.2, 0.25) is 0 Å². The number of rotatable bonds is 5. The number of hydrogen-bond donors (Lipinski definition) is 1. The molecule has 0 amide bonds. The average Bonchev–Trinajstić information content (AvgIpc) is 2.84. The Kier molecular flexibility index (Phi) is 5.27. The largest absolute Gasteiger partial charge is 0.416 e. The van der Waals surface area contributed by atoms with Crippen molar-refractivity contribution in [2.24, 2.45) is 5.92 Å². The summed E-state index contributed by atoms with van der Waals surface area (Å²) in [7, 11) is 0. The zero-order valence-corrected chi connectivity index (χ0v) is 12.4. The van der Waals surface area contributed by atoms with Crippen molar-refractivity contribution in [1.29, 1.82) is 0 Å². The lowest BCUT2D eigenvalue weighted by Crippen LogP contribution is -2.40. The lowest BCUT2D eigenvalue weighted by Gasteiger charge is -2.27. The number of nitrogens with one attached hydrogen (secondary N) is 1. The molecule has 1 aliphatic heterocycles. The Bertz CT molecular complexity index is 461. The van der Waals surface area contributed by atoms with E-state index < -0.39 is 11.7 Å². The fourth-order valence-electron chi connectivity index (χ4n) is 3.04. The number of likely N-dealkylation sites (N-methyl/N-ethyl adjacent to an activating group) is 1. The Morgan fingerprint density at radius 1 is 1.38 bits per heavy atom. The number of benzene rings is 1. The van der Waals surface area contributed by atoms with Crippen LogP contribution in [0.4, 0.5) is 13.2 Å². The molecule has 2 nitrogen and oxygen atoms in total. The van der Waals surface area contributed by atoms with Gasteiger partial charge in [0, 0.05) is 18.6 Å².